The number of rotatable bonds is 4. The molecular weight excluding hydrogens is 338 g/mol. The highest BCUT2D eigenvalue weighted by Crippen LogP contribution is 2.22. The van der Waals surface area contributed by atoms with Gasteiger partial charge >= 0.3 is 11.6 Å². The largest absolute Gasteiger partial charge is 0.508 e. The highest BCUT2D eigenvalue weighted by molar-refractivity contribution is 5.92. The van der Waals surface area contributed by atoms with Gasteiger partial charge in [0, 0.05) is 35.7 Å². The fourth-order valence-electron chi connectivity index (χ4n) is 2.46. The Morgan fingerprint density at radius 1 is 1.12 bits per heavy atom. The maximum absolute atomic E-state index is 12.2. The molecule has 7 heteroatoms. The molecule has 0 aliphatic heterocycles. The number of ether oxygens (including phenoxy) is 1. The van der Waals surface area contributed by atoms with Gasteiger partial charge in [0.05, 0.1) is 5.56 Å². The Morgan fingerprint density at radius 3 is 2.54 bits per heavy atom. The summed E-state index contributed by atoms with van der Waals surface area (Å²) >= 11 is 0. The summed E-state index contributed by atoms with van der Waals surface area (Å²) in [6.45, 7) is 1.27. The van der Waals surface area contributed by atoms with Crippen molar-refractivity contribution in [2.45, 2.75) is 13.5 Å². The monoisotopic (exact) mass is 353 g/mol. The minimum absolute atomic E-state index is 0.0333. The van der Waals surface area contributed by atoms with E-state index in [4.69, 9.17) is 9.15 Å². The minimum Gasteiger partial charge on any atom is -0.508 e. The van der Waals surface area contributed by atoms with Crippen molar-refractivity contribution in [3.63, 3.8) is 0 Å². The van der Waals surface area contributed by atoms with Gasteiger partial charge in [-0.3, -0.25) is 4.79 Å². The summed E-state index contributed by atoms with van der Waals surface area (Å²) in [6.07, 6.45) is 0. The summed E-state index contributed by atoms with van der Waals surface area (Å²) in [5.41, 5.74) is 0.959. The van der Waals surface area contributed by atoms with Gasteiger partial charge < -0.3 is 19.6 Å². The van der Waals surface area contributed by atoms with E-state index >= 15 is 0 Å². The van der Waals surface area contributed by atoms with Gasteiger partial charge in [-0.2, -0.15) is 0 Å². The Hall–Kier alpha value is -3.61. The molecule has 7 nitrogen and oxygen atoms in total. The van der Waals surface area contributed by atoms with Crippen molar-refractivity contribution >= 4 is 28.5 Å². The van der Waals surface area contributed by atoms with Gasteiger partial charge in [0.15, 0.2) is 0 Å². The smallest absolute Gasteiger partial charge is 0.338 e. The molecule has 2 N–H and O–H groups in total. The highest BCUT2D eigenvalue weighted by atomic mass is 16.5. The molecule has 0 fully saturated rings. The second-order valence-electron chi connectivity index (χ2n) is 5.61. The fraction of sp³-hybridized carbons (Fsp3) is 0.105. The zero-order valence-corrected chi connectivity index (χ0v) is 13.8. The number of hydrogen-bond donors (Lipinski definition) is 2. The first-order chi connectivity index (χ1) is 12.4. The fourth-order valence-corrected chi connectivity index (χ4v) is 2.46. The minimum atomic E-state index is -0.603. The average Bonchev–Trinajstić information content (AvgIpc) is 2.59. The van der Waals surface area contributed by atoms with E-state index in [0.717, 1.165) is 0 Å². The molecule has 3 rings (SSSR count). The van der Waals surface area contributed by atoms with Crippen LogP contribution in [0.5, 0.6) is 5.75 Å². The predicted octanol–water partition coefficient (Wildman–Crippen LogP) is 2.81. The van der Waals surface area contributed by atoms with Crippen LogP contribution < -0.4 is 10.9 Å². The SMILES string of the molecule is CC(=O)Nc1ccc(C(=O)OCc2cc(=O)oc3cc(O)ccc23)cc1. The van der Waals surface area contributed by atoms with Crippen LogP contribution in [0.15, 0.2) is 57.7 Å². The van der Waals surface area contributed by atoms with Crippen LogP contribution in [0.3, 0.4) is 0 Å². The number of carbonyl (C=O) groups is 2. The van der Waals surface area contributed by atoms with Crippen molar-refractivity contribution in [2.75, 3.05) is 5.32 Å². The molecule has 0 aliphatic rings. The first kappa shape index (κ1) is 17.2. The van der Waals surface area contributed by atoms with E-state index in [-0.39, 0.29) is 23.8 Å². The zero-order chi connectivity index (χ0) is 18.7. The number of fused-ring (bicyclic) bond motifs is 1. The Balaban J connectivity index is 1.76. The van der Waals surface area contributed by atoms with Gasteiger partial charge in [0.1, 0.15) is 17.9 Å². The molecule has 26 heavy (non-hydrogen) atoms. The topological polar surface area (TPSA) is 106 Å². The Bertz CT molecular complexity index is 1040. The van der Waals surface area contributed by atoms with E-state index in [9.17, 15) is 19.5 Å². The Kier molecular flexibility index (Phi) is 4.70. The summed E-state index contributed by atoms with van der Waals surface area (Å²) in [6, 6.07) is 11.8. The molecule has 0 atom stereocenters. The molecule has 1 aromatic heterocycles. The number of hydrogen-bond acceptors (Lipinski definition) is 6. The summed E-state index contributed by atoms with van der Waals surface area (Å²) < 4.78 is 10.3. The van der Waals surface area contributed by atoms with Crippen LogP contribution in [0.25, 0.3) is 11.0 Å². The number of carbonyl (C=O) groups excluding carboxylic acids is 2. The van der Waals surface area contributed by atoms with Gasteiger partial charge in [-0.1, -0.05) is 0 Å². The van der Waals surface area contributed by atoms with Crippen LogP contribution in [0.4, 0.5) is 5.69 Å². The number of phenols is 1. The molecule has 0 radical (unpaired) electrons. The van der Waals surface area contributed by atoms with Gasteiger partial charge in [-0.15, -0.1) is 0 Å². The van der Waals surface area contributed by atoms with Crippen LogP contribution >= 0.6 is 0 Å². The third-order valence-corrected chi connectivity index (χ3v) is 3.61. The third kappa shape index (κ3) is 3.89. The number of aromatic hydroxyl groups is 1. The first-order valence-electron chi connectivity index (χ1n) is 7.73. The zero-order valence-electron chi connectivity index (χ0n) is 13.8. The molecule has 2 aromatic carbocycles. The van der Waals surface area contributed by atoms with Crippen molar-refractivity contribution in [1.29, 1.82) is 0 Å². The van der Waals surface area contributed by atoms with E-state index in [1.54, 1.807) is 18.2 Å². The van der Waals surface area contributed by atoms with E-state index in [0.29, 0.717) is 22.2 Å². The van der Waals surface area contributed by atoms with E-state index < -0.39 is 11.6 Å². The summed E-state index contributed by atoms with van der Waals surface area (Å²) in [5.74, 6) is -0.810. The van der Waals surface area contributed by atoms with Crippen LogP contribution in [-0.4, -0.2) is 17.0 Å². The number of benzene rings is 2. The molecule has 132 valence electrons. The summed E-state index contributed by atoms with van der Waals surface area (Å²) in [5, 5.41) is 12.7. The lowest BCUT2D eigenvalue weighted by Crippen LogP contribution is -2.09. The molecule has 0 bridgehead atoms. The van der Waals surface area contributed by atoms with Crippen molar-refractivity contribution in [3.8, 4) is 5.75 Å². The highest BCUT2D eigenvalue weighted by Gasteiger charge is 2.11. The number of amides is 1. The predicted molar refractivity (Wildman–Crippen MR) is 94.0 cm³/mol. The van der Waals surface area contributed by atoms with Crippen molar-refractivity contribution in [2.24, 2.45) is 0 Å². The molecule has 0 spiro atoms. The molecule has 1 amide bonds. The molecule has 0 saturated carbocycles. The number of anilines is 1. The second kappa shape index (κ2) is 7.10. The molecule has 1 heterocycles. The lowest BCUT2D eigenvalue weighted by Gasteiger charge is -2.08. The lowest BCUT2D eigenvalue weighted by molar-refractivity contribution is -0.114. The number of phenolic OH excluding ortho intramolecular Hbond substituents is 1. The molecule has 0 aliphatic carbocycles. The molecule has 0 saturated heterocycles. The normalized spacial score (nSPS) is 10.5. The average molecular weight is 353 g/mol. The van der Waals surface area contributed by atoms with Crippen molar-refractivity contribution in [1.82, 2.24) is 0 Å². The van der Waals surface area contributed by atoms with E-state index in [2.05, 4.69) is 5.32 Å². The van der Waals surface area contributed by atoms with Gasteiger partial charge in [0.2, 0.25) is 5.91 Å². The van der Waals surface area contributed by atoms with Gasteiger partial charge in [-0.05, 0) is 36.4 Å². The molecule has 3 aromatic rings. The van der Waals surface area contributed by atoms with E-state index in [1.807, 2.05) is 0 Å². The summed E-state index contributed by atoms with van der Waals surface area (Å²) in [4.78, 5) is 34.8. The molecular formula is C19H15NO6. The maximum atomic E-state index is 12.2. The third-order valence-electron chi connectivity index (χ3n) is 3.61. The summed E-state index contributed by atoms with van der Waals surface area (Å²) in [7, 11) is 0. The van der Waals surface area contributed by atoms with Crippen LogP contribution in [0.1, 0.15) is 22.8 Å². The Morgan fingerprint density at radius 2 is 1.85 bits per heavy atom. The van der Waals surface area contributed by atoms with Crippen LogP contribution in [-0.2, 0) is 16.1 Å². The quantitative estimate of drug-likeness (QED) is 0.552. The van der Waals surface area contributed by atoms with Gasteiger partial charge in [-0.25, -0.2) is 9.59 Å². The number of nitrogens with one attached hydrogen (secondary N) is 1. The second-order valence-corrected chi connectivity index (χ2v) is 5.61. The lowest BCUT2D eigenvalue weighted by atomic mass is 10.1. The van der Waals surface area contributed by atoms with E-state index in [1.165, 1.54) is 37.3 Å². The van der Waals surface area contributed by atoms with Gasteiger partial charge in [0.25, 0.3) is 0 Å². The van der Waals surface area contributed by atoms with Crippen molar-refractivity contribution in [3.05, 3.63) is 70.1 Å². The standard InChI is InChI=1S/C19H15NO6/c1-11(21)20-14-4-2-12(3-5-14)19(24)25-10-13-8-18(23)26-17-9-15(22)6-7-16(13)17/h2-9,22H,10H2,1H3,(H,20,21). The first-order valence-corrected chi connectivity index (χ1v) is 7.73. The molecule has 0 unspecified atom stereocenters. The van der Waals surface area contributed by atoms with Crippen LogP contribution in [0, 0.1) is 0 Å². The number of esters is 1. The Labute approximate surface area is 147 Å². The van der Waals surface area contributed by atoms with Crippen LogP contribution in [0.2, 0.25) is 0 Å². The maximum Gasteiger partial charge on any atom is 0.338 e. The van der Waals surface area contributed by atoms with Crippen molar-refractivity contribution < 1.29 is 23.8 Å².